The molecule has 0 aromatic heterocycles. The molecule has 2 rings (SSSR count). The zero-order valence-electron chi connectivity index (χ0n) is 12.7. The number of benzene rings is 1. The van der Waals surface area contributed by atoms with Crippen molar-refractivity contribution >= 4 is 21.6 Å². The molecular formula is C17H27BrN2. The fraction of sp³-hybridized carbons (Fsp3) is 0.647. The minimum Gasteiger partial charge on any atom is -0.368 e. The van der Waals surface area contributed by atoms with E-state index in [1.165, 1.54) is 47.8 Å². The van der Waals surface area contributed by atoms with Gasteiger partial charge in [0.2, 0.25) is 0 Å². The predicted octanol–water partition coefficient (Wildman–Crippen LogP) is 4.70. The molecule has 0 radical (unpaired) electrons. The third kappa shape index (κ3) is 3.98. The molecule has 0 atom stereocenters. The van der Waals surface area contributed by atoms with Gasteiger partial charge in [0, 0.05) is 23.6 Å². The molecule has 1 aromatic rings. The van der Waals surface area contributed by atoms with Crippen LogP contribution in [0.1, 0.15) is 51.5 Å². The molecule has 2 N–H and O–H groups in total. The van der Waals surface area contributed by atoms with Gasteiger partial charge in [-0.25, -0.2) is 0 Å². The second-order valence-electron chi connectivity index (χ2n) is 6.30. The summed E-state index contributed by atoms with van der Waals surface area (Å²) in [5.74, 6) is 0.751. The third-order valence-electron chi connectivity index (χ3n) is 4.27. The Kier molecular flexibility index (Phi) is 5.91. The maximum Gasteiger partial charge on any atom is 0.0513 e. The Balaban J connectivity index is 2.20. The number of nitrogens with two attached hydrogens (primary N) is 1. The first-order valence-electron chi connectivity index (χ1n) is 7.87. The van der Waals surface area contributed by atoms with Gasteiger partial charge in [-0.05, 0) is 58.8 Å². The molecule has 0 aliphatic heterocycles. The molecule has 0 heterocycles. The summed E-state index contributed by atoms with van der Waals surface area (Å²) in [6.45, 7) is 6.37. The molecule has 2 nitrogen and oxygen atoms in total. The number of rotatable bonds is 6. The van der Waals surface area contributed by atoms with Gasteiger partial charge in [0.15, 0.2) is 0 Å². The molecule has 112 valence electrons. The first-order chi connectivity index (χ1) is 9.61. The van der Waals surface area contributed by atoms with Gasteiger partial charge in [-0.1, -0.05) is 32.8 Å². The molecule has 0 bridgehead atoms. The molecule has 0 spiro atoms. The van der Waals surface area contributed by atoms with Gasteiger partial charge in [0.25, 0.3) is 0 Å². The van der Waals surface area contributed by atoms with Crippen LogP contribution in [0.4, 0.5) is 5.69 Å². The highest BCUT2D eigenvalue weighted by Gasteiger charge is 2.24. The van der Waals surface area contributed by atoms with E-state index in [9.17, 15) is 0 Å². The summed E-state index contributed by atoms with van der Waals surface area (Å²) in [6, 6.07) is 7.29. The van der Waals surface area contributed by atoms with Crippen molar-refractivity contribution < 1.29 is 0 Å². The van der Waals surface area contributed by atoms with Crippen LogP contribution in [0.5, 0.6) is 0 Å². The Morgan fingerprint density at radius 2 is 2.00 bits per heavy atom. The number of hydrogen-bond donors (Lipinski definition) is 1. The van der Waals surface area contributed by atoms with E-state index >= 15 is 0 Å². The van der Waals surface area contributed by atoms with E-state index in [1.807, 2.05) is 0 Å². The van der Waals surface area contributed by atoms with Crippen molar-refractivity contribution in [2.45, 2.75) is 58.5 Å². The molecule has 3 heteroatoms. The second-order valence-corrected chi connectivity index (χ2v) is 7.16. The quantitative estimate of drug-likeness (QED) is 0.814. The summed E-state index contributed by atoms with van der Waals surface area (Å²) < 4.78 is 1.19. The van der Waals surface area contributed by atoms with Gasteiger partial charge in [-0.3, -0.25) is 0 Å². The van der Waals surface area contributed by atoms with Crippen LogP contribution in [0.2, 0.25) is 0 Å². The molecular weight excluding hydrogens is 312 g/mol. The Bertz CT molecular complexity index is 425. The lowest BCUT2D eigenvalue weighted by atomic mass is 10.1. The van der Waals surface area contributed by atoms with E-state index in [-0.39, 0.29) is 0 Å². The van der Waals surface area contributed by atoms with Crippen LogP contribution >= 0.6 is 15.9 Å². The van der Waals surface area contributed by atoms with Crippen molar-refractivity contribution in [2.24, 2.45) is 11.7 Å². The molecule has 1 aliphatic carbocycles. The molecule has 0 amide bonds. The number of anilines is 1. The van der Waals surface area contributed by atoms with Gasteiger partial charge in [0.1, 0.15) is 0 Å². The zero-order valence-corrected chi connectivity index (χ0v) is 14.3. The summed E-state index contributed by atoms with van der Waals surface area (Å²) in [4.78, 5) is 2.62. The summed E-state index contributed by atoms with van der Waals surface area (Å²) in [7, 11) is 0. The fourth-order valence-corrected chi connectivity index (χ4v) is 3.68. The van der Waals surface area contributed by atoms with E-state index in [2.05, 4.69) is 52.9 Å². The van der Waals surface area contributed by atoms with E-state index in [0.29, 0.717) is 12.6 Å². The van der Waals surface area contributed by atoms with Crippen molar-refractivity contribution in [2.75, 3.05) is 11.4 Å². The van der Waals surface area contributed by atoms with E-state index in [1.54, 1.807) is 0 Å². The highest BCUT2D eigenvalue weighted by molar-refractivity contribution is 9.10. The number of nitrogens with zero attached hydrogens (tertiary/aromatic N) is 1. The Morgan fingerprint density at radius 1 is 1.30 bits per heavy atom. The lowest BCUT2D eigenvalue weighted by Gasteiger charge is -2.33. The van der Waals surface area contributed by atoms with Crippen molar-refractivity contribution in [3.05, 3.63) is 28.2 Å². The normalized spacial score (nSPS) is 16.1. The second kappa shape index (κ2) is 7.46. The van der Waals surface area contributed by atoms with Crippen molar-refractivity contribution in [3.8, 4) is 0 Å². The molecule has 1 aromatic carbocycles. The maximum atomic E-state index is 5.73. The SMILES string of the molecule is CC(C)CCN(c1ccc(CN)cc1Br)C1CCCC1. The highest BCUT2D eigenvalue weighted by Crippen LogP contribution is 2.34. The van der Waals surface area contributed by atoms with Gasteiger partial charge >= 0.3 is 0 Å². The van der Waals surface area contributed by atoms with E-state index in [0.717, 1.165) is 12.5 Å². The molecule has 1 fully saturated rings. The molecule has 0 saturated heterocycles. The van der Waals surface area contributed by atoms with Crippen LogP contribution < -0.4 is 10.6 Å². The summed E-state index contributed by atoms with van der Waals surface area (Å²) in [5, 5.41) is 0. The fourth-order valence-electron chi connectivity index (χ4n) is 3.02. The van der Waals surface area contributed by atoms with Crippen LogP contribution in [0, 0.1) is 5.92 Å². The van der Waals surface area contributed by atoms with Crippen LogP contribution in [-0.2, 0) is 6.54 Å². The first-order valence-corrected chi connectivity index (χ1v) is 8.66. The molecule has 1 saturated carbocycles. The zero-order chi connectivity index (χ0) is 14.5. The summed E-state index contributed by atoms with van der Waals surface area (Å²) in [5.41, 5.74) is 8.26. The predicted molar refractivity (Wildman–Crippen MR) is 91.1 cm³/mol. The van der Waals surface area contributed by atoms with Crippen LogP contribution in [0.25, 0.3) is 0 Å². The minimum atomic E-state index is 0.605. The first kappa shape index (κ1) is 15.8. The van der Waals surface area contributed by atoms with Crippen LogP contribution in [0.15, 0.2) is 22.7 Å². The smallest absolute Gasteiger partial charge is 0.0513 e. The lowest BCUT2D eigenvalue weighted by molar-refractivity contribution is 0.528. The van der Waals surface area contributed by atoms with Crippen molar-refractivity contribution in [1.29, 1.82) is 0 Å². The Morgan fingerprint density at radius 3 is 2.55 bits per heavy atom. The summed E-state index contributed by atoms with van der Waals surface area (Å²) >= 11 is 3.75. The van der Waals surface area contributed by atoms with Crippen molar-refractivity contribution in [1.82, 2.24) is 0 Å². The van der Waals surface area contributed by atoms with Gasteiger partial charge < -0.3 is 10.6 Å². The highest BCUT2D eigenvalue weighted by atomic mass is 79.9. The largest absolute Gasteiger partial charge is 0.368 e. The van der Waals surface area contributed by atoms with Crippen LogP contribution in [-0.4, -0.2) is 12.6 Å². The maximum absolute atomic E-state index is 5.73. The van der Waals surface area contributed by atoms with Crippen molar-refractivity contribution in [3.63, 3.8) is 0 Å². The standard InChI is InChI=1S/C17H27BrN2/c1-13(2)9-10-20(15-5-3-4-6-15)17-8-7-14(12-19)11-16(17)18/h7-8,11,13,15H,3-6,9-10,12,19H2,1-2H3. The molecule has 20 heavy (non-hydrogen) atoms. The molecule has 0 unspecified atom stereocenters. The number of hydrogen-bond acceptors (Lipinski definition) is 2. The topological polar surface area (TPSA) is 29.3 Å². The van der Waals surface area contributed by atoms with E-state index in [4.69, 9.17) is 5.73 Å². The molecule has 1 aliphatic rings. The average Bonchev–Trinajstić information content (AvgIpc) is 2.94. The van der Waals surface area contributed by atoms with Crippen LogP contribution in [0.3, 0.4) is 0 Å². The third-order valence-corrected chi connectivity index (χ3v) is 4.91. The van der Waals surface area contributed by atoms with Gasteiger partial charge in [-0.15, -0.1) is 0 Å². The van der Waals surface area contributed by atoms with E-state index < -0.39 is 0 Å². The monoisotopic (exact) mass is 338 g/mol. The average molecular weight is 339 g/mol. The Hall–Kier alpha value is -0.540. The summed E-state index contributed by atoms with van der Waals surface area (Å²) in [6.07, 6.45) is 6.68. The number of halogens is 1. The van der Waals surface area contributed by atoms with Gasteiger partial charge in [-0.2, -0.15) is 0 Å². The van der Waals surface area contributed by atoms with Gasteiger partial charge in [0.05, 0.1) is 5.69 Å². The lowest BCUT2D eigenvalue weighted by Crippen LogP contribution is -2.35. The minimum absolute atomic E-state index is 0.605. The Labute approximate surface area is 131 Å².